The van der Waals surface area contributed by atoms with Gasteiger partial charge in [-0.3, -0.25) is 9.69 Å². The van der Waals surface area contributed by atoms with E-state index in [2.05, 4.69) is 22.6 Å². The molecule has 0 unspecified atom stereocenters. The number of aliphatic imine (C=N–C) groups is 1. The Kier molecular flexibility index (Phi) is 8.97. The highest BCUT2D eigenvalue weighted by molar-refractivity contribution is 14.1. The van der Waals surface area contributed by atoms with Crippen LogP contribution in [0.5, 0.6) is 11.5 Å². The molecular formula is C30H28ClIN2O3S. The fourth-order valence-electron chi connectivity index (χ4n) is 4.69. The Balaban J connectivity index is 1.42. The van der Waals surface area contributed by atoms with Gasteiger partial charge in [0.25, 0.3) is 5.91 Å². The maximum atomic E-state index is 13.7. The Labute approximate surface area is 246 Å². The minimum atomic E-state index is 0.0219. The predicted molar refractivity (Wildman–Crippen MR) is 164 cm³/mol. The molecule has 1 saturated carbocycles. The van der Waals surface area contributed by atoms with E-state index >= 15 is 0 Å². The van der Waals surface area contributed by atoms with Crippen molar-refractivity contribution in [1.82, 2.24) is 4.90 Å². The zero-order valence-electron chi connectivity index (χ0n) is 21.0. The Hall–Kier alpha value is -2.49. The zero-order valence-corrected chi connectivity index (χ0v) is 24.8. The second-order valence-corrected chi connectivity index (χ2v) is 11.9. The molecule has 0 N–H and O–H groups in total. The maximum absolute atomic E-state index is 13.7. The van der Waals surface area contributed by atoms with Gasteiger partial charge in [-0.15, -0.1) is 0 Å². The first-order valence-corrected chi connectivity index (χ1v) is 14.9. The molecule has 0 bridgehead atoms. The molecule has 2 fully saturated rings. The average molecular weight is 659 g/mol. The largest absolute Gasteiger partial charge is 0.493 e. The number of hydrogen-bond donors (Lipinski definition) is 0. The molecule has 0 aromatic heterocycles. The van der Waals surface area contributed by atoms with Gasteiger partial charge < -0.3 is 9.47 Å². The Morgan fingerprint density at radius 3 is 2.53 bits per heavy atom. The van der Waals surface area contributed by atoms with Crippen LogP contribution < -0.4 is 9.47 Å². The van der Waals surface area contributed by atoms with Crippen LogP contribution in [0.15, 0.2) is 76.6 Å². The highest BCUT2D eigenvalue weighted by atomic mass is 127. The topological polar surface area (TPSA) is 51.1 Å². The summed E-state index contributed by atoms with van der Waals surface area (Å²) in [5.41, 5.74) is 2.74. The van der Waals surface area contributed by atoms with Gasteiger partial charge in [0.1, 0.15) is 6.61 Å². The fourth-order valence-corrected chi connectivity index (χ4v) is 6.66. The molecule has 2 aliphatic rings. The van der Waals surface area contributed by atoms with Gasteiger partial charge in [-0.2, -0.15) is 0 Å². The number of benzene rings is 3. The Bertz CT molecular complexity index is 1360. The lowest BCUT2D eigenvalue weighted by Crippen LogP contribution is -2.40. The minimum absolute atomic E-state index is 0.0219. The molecular weight excluding hydrogens is 631 g/mol. The van der Waals surface area contributed by atoms with Crippen LogP contribution in [0.1, 0.15) is 43.2 Å². The maximum Gasteiger partial charge on any atom is 0.267 e. The Morgan fingerprint density at radius 1 is 1.08 bits per heavy atom. The quantitative estimate of drug-likeness (QED) is 0.189. The van der Waals surface area contributed by atoms with Crippen molar-refractivity contribution in [2.45, 2.75) is 44.8 Å². The number of para-hydroxylation sites is 1. The first-order valence-electron chi connectivity index (χ1n) is 12.6. The number of amidine groups is 1. The summed E-state index contributed by atoms with van der Waals surface area (Å²) in [6.07, 6.45) is 7.47. The second-order valence-electron chi connectivity index (χ2n) is 9.26. The van der Waals surface area contributed by atoms with E-state index in [9.17, 15) is 4.79 Å². The second kappa shape index (κ2) is 12.6. The first-order chi connectivity index (χ1) is 18.5. The lowest BCUT2D eigenvalue weighted by Gasteiger charge is -2.30. The summed E-state index contributed by atoms with van der Waals surface area (Å²) in [6, 6.07) is 21.5. The lowest BCUT2D eigenvalue weighted by atomic mass is 9.94. The number of halogens is 2. The number of methoxy groups -OCH3 is 1. The van der Waals surface area contributed by atoms with Crippen molar-refractivity contribution in [3.8, 4) is 11.5 Å². The highest BCUT2D eigenvalue weighted by Gasteiger charge is 2.38. The standard InChI is InChI=1S/C30H28ClIN2O3S/c1-36-26-17-21(16-25(32)28(26)37-19-20-12-14-22(31)15-13-20)18-27-29(35)34(24-10-6-3-7-11-24)30(38-27)33-23-8-4-2-5-9-23/h2,4-5,8-9,12-18,24H,3,6-7,10-11,19H2,1H3/b27-18-,33-30?. The Morgan fingerprint density at radius 2 is 1.82 bits per heavy atom. The van der Waals surface area contributed by atoms with Crippen LogP contribution in [0.25, 0.3) is 6.08 Å². The van der Waals surface area contributed by atoms with Crippen molar-refractivity contribution in [2.75, 3.05) is 7.11 Å². The molecule has 196 valence electrons. The van der Waals surface area contributed by atoms with Crippen LogP contribution in [0.3, 0.4) is 0 Å². The molecule has 1 amide bonds. The number of rotatable bonds is 7. The summed E-state index contributed by atoms with van der Waals surface area (Å²) in [5.74, 6) is 1.31. The average Bonchev–Trinajstić information content (AvgIpc) is 3.23. The van der Waals surface area contributed by atoms with E-state index in [4.69, 9.17) is 26.1 Å². The summed E-state index contributed by atoms with van der Waals surface area (Å²) in [6.45, 7) is 0.397. The third-order valence-corrected chi connectivity index (χ3v) is 8.64. The molecule has 5 nitrogen and oxygen atoms in total. The van der Waals surface area contributed by atoms with E-state index in [0.717, 1.165) is 51.2 Å². The van der Waals surface area contributed by atoms with Crippen molar-refractivity contribution >= 4 is 68.8 Å². The van der Waals surface area contributed by atoms with Gasteiger partial charge >= 0.3 is 0 Å². The van der Waals surface area contributed by atoms with Gasteiger partial charge in [0.15, 0.2) is 16.7 Å². The first kappa shape index (κ1) is 27.1. The van der Waals surface area contributed by atoms with E-state index in [1.54, 1.807) is 7.11 Å². The van der Waals surface area contributed by atoms with Gasteiger partial charge in [0.05, 0.1) is 21.3 Å². The predicted octanol–water partition coefficient (Wildman–Crippen LogP) is 8.47. The minimum Gasteiger partial charge on any atom is -0.493 e. The number of carbonyl (C=O) groups excluding carboxylic acids is 1. The van der Waals surface area contributed by atoms with Crippen LogP contribution >= 0.6 is 46.0 Å². The van der Waals surface area contributed by atoms with Gasteiger partial charge in [-0.25, -0.2) is 4.99 Å². The monoisotopic (exact) mass is 658 g/mol. The summed E-state index contributed by atoms with van der Waals surface area (Å²) >= 11 is 9.69. The summed E-state index contributed by atoms with van der Waals surface area (Å²) in [4.78, 5) is 21.1. The van der Waals surface area contributed by atoms with Crippen molar-refractivity contribution in [3.63, 3.8) is 0 Å². The summed E-state index contributed by atoms with van der Waals surface area (Å²) in [5, 5.41) is 1.44. The van der Waals surface area contributed by atoms with Gasteiger partial charge in [0.2, 0.25) is 0 Å². The number of nitrogens with zero attached hydrogens (tertiary/aromatic N) is 2. The molecule has 3 aromatic rings. The zero-order chi connectivity index (χ0) is 26.5. The van der Waals surface area contributed by atoms with Gasteiger partial charge in [0, 0.05) is 11.1 Å². The number of thioether (sulfide) groups is 1. The van der Waals surface area contributed by atoms with Gasteiger partial charge in [-0.05, 0) is 101 Å². The number of ether oxygens (including phenoxy) is 2. The van der Waals surface area contributed by atoms with Crippen molar-refractivity contribution in [3.05, 3.63) is 91.4 Å². The van der Waals surface area contributed by atoms with Crippen LogP contribution in [-0.2, 0) is 11.4 Å². The smallest absolute Gasteiger partial charge is 0.267 e. The molecule has 3 aromatic carbocycles. The van der Waals surface area contributed by atoms with Crippen LogP contribution in [0.4, 0.5) is 5.69 Å². The van der Waals surface area contributed by atoms with Crippen molar-refractivity contribution < 1.29 is 14.3 Å². The molecule has 5 rings (SSSR count). The number of carbonyl (C=O) groups is 1. The third-order valence-electron chi connectivity index (χ3n) is 6.60. The van der Waals surface area contributed by atoms with E-state index in [-0.39, 0.29) is 11.9 Å². The normalized spacial score (nSPS) is 18.4. The van der Waals surface area contributed by atoms with Crippen molar-refractivity contribution in [1.29, 1.82) is 0 Å². The molecule has 1 saturated heterocycles. The third kappa shape index (κ3) is 6.38. The van der Waals surface area contributed by atoms with Gasteiger partial charge in [-0.1, -0.05) is 61.2 Å². The van der Waals surface area contributed by atoms with E-state index in [1.807, 2.05) is 77.7 Å². The number of hydrogen-bond acceptors (Lipinski definition) is 5. The molecule has 38 heavy (non-hydrogen) atoms. The SMILES string of the molecule is COc1cc(/C=C2\SC(=Nc3ccccc3)N(C3CCCCC3)C2=O)cc(I)c1OCc1ccc(Cl)cc1. The fraction of sp³-hybridized carbons (Fsp3) is 0.267. The van der Waals surface area contributed by atoms with Crippen LogP contribution in [-0.4, -0.2) is 29.1 Å². The summed E-state index contributed by atoms with van der Waals surface area (Å²) in [7, 11) is 1.63. The van der Waals surface area contributed by atoms with E-state index < -0.39 is 0 Å². The molecule has 0 spiro atoms. The molecule has 8 heteroatoms. The molecule has 0 radical (unpaired) electrons. The van der Waals surface area contributed by atoms with E-state index in [0.29, 0.717) is 28.0 Å². The number of amides is 1. The molecule has 1 aliphatic carbocycles. The lowest BCUT2D eigenvalue weighted by molar-refractivity contribution is -0.124. The molecule has 1 aliphatic heterocycles. The molecule has 1 heterocycles. The summed E-state index contributed by atoms with van der Waals surface area (Å²) < 4.78 is 12.7. The van der Waals surface area contributed by atoms with Crippen molar-refractivity contribution in [2.24, 2.45) is 4.99 Å². The molecule has 0 atom stereocenters. The van der Waals surface area contributed by atoms with Crippen LogP contribution in [0.2, 0.25) is 5.02 Å². The highest BCUT2D eigenvalue weighted by Crippen LogP contribution is 2.40. The van der Waals surface area contributed by atoms with E-state index in [1.165, 1.54) is 18.2 Å². The van der Waals surface area contributed by atoms with Crippen LogP contribution in [0, 0.1) is 3.57 Å².